The van der Waals surface area contributed by atoms with Crippen LogP contribution >= 0.6 is 0 Å². The average molecular weight is 492 g/mol. The topological polar surface area (TPSA) is 87.5 Å². The number of halogens is 6. The van der Waals surface area contributed by atoms with Gasteiger partial charge in [-0.05, 0) is 42.5 Å². The van der Waals surface area contributed by atoms with E-state index in [0.717, 1.165) is 17.0 Å². The van der Waals surface area contributed by atoms with Gasteiger partial charge in [0.2, 0.25) is 0 Å². The summed E-state index contributed by atoms with van der Waals surface area (Å²) < 4.78 is 78.7. The number of hydrogen-bond donors (Lipinski definition) is 2. The lowest BCUT2D eigenvalue weighted by Gasteiger charge is -2.45. The lowest BCUT2D eigenvalue weighted by atomic mass is 9.71. The van der Waals surface area contributed by atoms with Crippen LogP contribution in [0.1, 0.15) is 45.0 Å². The molecule has 0 spiro atoms. The first-order valence-corrected chi connectivity index (χ1v) is 10.2. The van der Waals surface area contributed by atoms with Crippen molar-refractivity contribution in [2.45, 2.75) is 51.5 Å². The fourth-order valence-corrected chi connectivity index (χ4v) is 4.27. The van der Waals surface area contributed by atoms with Crippen LogP contribution in [0.25, 0.3) is 5.69 Å². The lowest BCUT2D eigenvalue weighted by molar-refractivity contribution is -0.143. The van der Waals surface area contributed by atoms with E-state index in [2.05, 4.69) is 10.4 Å². The number of likely N-dealkylation sites (tertiary alicyclic amines) is 1. The maximum atomic E-state index is 13.3. The maximum Gasteiger partial charge on any atom is 0.435 e. The molecular formula is C21H22F6N4O3. The van der Waals surface area contributed by atoms with Gasteiger partial charge in [0.15, 0.2) is 5.69 Å². The Hall–Kier alpha value is -3.25. The summed E-state index contributed by atoms with van der Waals surface area (Å²) in [5, 5.41) is 15.3. The monoisotopic (exact) mass is 492 g/mol. The normalized spacial score (nSPS) is 19.4. The summed E-state index contributed by atoms with van der Waals surface area (Å²) in [6.45, 7) is 5.35. The molecule has 1 fully saturated rings. The van der Waals surface area contributed by atoms with E-state index in [4.69, 9.17) is 0 Å². The SMILES string of the molecule is CC(C)(C)C1(C(=O)Nc2ccc(-n3nc(C(F)(F)F)cc3C(F)(F)F)cc2)CCCN1C(=O)O. The smallest absolute Gasteiger partial charge is 0.435 e. The van der Waals surface area contributed by atoms with Gasteiger partial charge in [0.1, 0.15) is 11.2 Å². The summed E-state index contributed by atoms with van der Waals surface area (Å²) in [5.74, 6) is -0.609. The quantitative estimate of drug-likeness (QED) is 0.562. The van der Waals surface area contributed by atoms with Crippen molar-refractivity contribution in [2.75, 3.05) is 11.9 Å². The molecule has 1 aromatic carbocycles. The number of rotatable bonds is 3. The number of anilines is 1. The van der Waals surface area contributed by atoms with Crippen molar-refractivity contribution in [1.29, 1.82) is 0 Å². The zero-order valence-electron chi connectivity index (χ0n) is 18.4. The second kappa shape index (κ2) is 8.20. The van der Waals surface area contributed by atoms with Gasteiger partial charge in [-0.1, -0.05) is 20.8 Å². The fraction of sp³-hybridized carbons (Fsp3) is 0.476. The highest BCUT2D eigenvalue weighted by Gasteiger charge is 2.57. The van der Waals surface area contributed by atoms with Crippen molar-refractivity contribution in [1.82, 2.24) is 14.7 Å². The first-order valence-electron chi connectivity index (χ1n) is 10.2. The molecule has 7 nitrogen and oxygen atoms in total. The van der Waals surface area contributed by atoms with Crippen LogP contribution in [0.15, 0.2) is 30.3 Å². The number of carbonyl (C=O) groups is 2. The van der Waals surface area contributed by atoms with E-state index < -0.39 is 46.7 Å². The summed E-state index contributed by atoms with van der Waals surface area (Å²) in [4.78, 5) is 26.1. The molecule has 1 saturated heterocycles. The molecule has 1 atom stereocenters. The molecule has 1 aliphatic heterocycles. The van der Waals surface area contributed by atoms with Gasteiger partial charge in [-0.2, -0.15) is 31.4 Å². The Bertz CT molecular complexity index is 1090. The number of nitrogens with zero attached hydrogens (tertiary/aromatic N) is 3. The third-order valence-corrected chi connectivity index (χ3v) is 5.89. The van der Waals surface area contributed by atoms with Crippen LogP contribution in [0.3, 0.4) is 0 Å². The van der Waals surface area contributed by atoms with Crippen LogP contribution in [0.4, 0.5) is 36.8 Å². The predicted molar refractivity (Wildman–Crippen MR) is 108 cm³/mol. The first-order chi connectivity index (χ1) is 15.5. The van der Waals surface area contributed by atoms with Crippen LogP contribution in [0, 0.1) is 5.41 Å². The predicted octanol–water partition coefficient (Wildman–Crippen LogP) is 5.41. The standard InChI is InChI=1S/C21H22F6N4O3/c1-18(2,3)19(9-4-10-30(19)17(33)34)16(32)28-12-5-7-13(8-6-12)31-15(21(25,26)27)11-14(29-31)20(22,23)24/h5-8,11H,4,9-10H2,1-3H3,(H,28,32)(H,33,34). The number of aromatic nitrogens is 2. The molecule has 2 aromatic rings. The summed E-state index contributed by atoms with van der Waals surface area (Å²) in [7, 11) is 0. The largest absolute Gasteiger partial charge is 0.465 e. The molecule has 1 aliphatic rings. The molecule has 2 N–H and O–H groups in total. The number of hydrogen-bond acceptors (Lipinski definition) is 3. The molecule has 1 unspecified atom stereocenters. The minimum atomic E-state index is -5.09. The minimum absolute atomic E-state index is 0.0800. The van der Waals surface area contributed by atoms with Crippen LogP contribution in [0.5, 0.6) is 0 Å². The molecule has 2 heterocycles. The Morgan fingerprint density at radius 1 is 1.03 bits per heavy atom. The highest BCUT2D eigenvalue weighted by Crippen LogP contribution is 2.44. The van der Waals surface area contributed by atoms with Gasteiger partial charge in [-0.15, -0.1) is 0 Å². The highest BCUT2D eigenvalue weighted by molar-refractivity contribution is 6.01. The zero-order valence-corrected chi connectivity index (χ0v) is 18.4. The number of nitrogens with one attached hydrogen (secondary N) is 1. The van der Waals surface area contributed by atoms with E-state index in [1.54, 1.807) is 20.8 Å². The van der Waals surface area contributed by atoms with Crippen LogP contribution in [0.2, 0.25) is 0 Å². The number of carboxylic acid groups (broad SMARTS) is 1. The Labute approximate surface area is 190 Å². The molecule has 0 saturated carbocycles. The van der Waals surface area contributed by atoms with E-state index in [0.29, 0.717) is 6.42 Å². The Morgan fingerprint density at radius 3 is 2.09 bits per heavy atom. The Kier molecular flexibility index (Phi) is 6.12. The van der Waals surface area contributed by atoms with Gasteiger partial charge in [0, 0.05) is 18.3 Å². The average Bonchev–Trinajstić information content (AvgIpc) is 3.33. The summed E-state index contributed by atoms with van der Waals surface area (Å²) >= 11 is 0. The van der Waals surface area contributed by atoms with Crippen molar-refractivity contribution in [3.05, 3.63) is 41.7 Å². The van der Waals surface area contributed by atoms with E-state index in [1.165, 1.54) is 12.1 Å². The van der Waals surface area contributed by atoms with Gasteiger partial charge in [0.25, 0.3) is 5.91 Å². The molecule has 186 valence electrons. The molecule has 0 bridgehead atoms. The van der Waals surface area contributed by atoms with E-state index in [1.807, 2.05) is 0 Å². The van der Waals surface area contributed by atoms with Gasteiger partial charge >= 0.3 is 18.4 Å². The number of benzene rings is 1. The third-order valence-electron chi connectivity index (χ3n) is 5.89. The van der Waals surface area contributed by atoms with Gasteiger partial charge in [0.05, 0.1) is 5.69 Å². The molecule has 3 rings (SSSR count). The number of alkyl halides is 6. The van der Waals surface area contributed by atoms with Gasteiger partial charge in [-0.3, -0.25) is 9.69 Å². The van der Waals surface area contributed by atoms with Crippen molar-refractivity contribution >= 4 is 17.7 Å². The second-order valence-corrected chi connectivity index (χ2v) is 8.97. The molecule has 0 aliphatic carbocycles. The Morgan fingerprint density at radius 2 is 1.62 bits per heavy atom. The highest BCUT2D eigenvalue weighted by atomic mass is 19.4. The molecule has 2 amide bonds. The van der Waals surface area contributed by atoms with E-state index >= 15 is 0 Å². The summed E-state index contributed by atoms with van der Waals surface area (Å²) in [6.07, 6.45) is -10.7. The van der Waals surface area contributed by atoms with Crippen molar-refractivity contribution in [3.8, 4) is 5.69 Å². The van der Waals surface area contributed by atoms with Crippen LogP contribution < -0.4 is 5.32 Å². The number of amides is 2. The molecule has 0 radical (unpaired) electrons. The molecule has 1 aromatic heterocycles. The van der Waals surface area contributed by atoms with Crippen molar-refractivity contribution in [3.63, 3.8) is 0 Å². The molecule has 13 heteroatoms. The first kappa shape index (κ1) is 25.4. The van der Waals surface area contributed by atoms with Gasteiger partial charge < -0.3 is 10.4 Å². The lowest BCUT2D eigenvalue weighted by Crippen LogP contribution is -2.62. The van der Waals surface area contributed by atoms with E-state index in [9.17, 15) is 41.0 Å². The van der Waals surface area contributed by atoms with Gasteiger partial charge in [-0.25, -0.2) is 9.48 Å². The third kappa shape index (κ3) is 4.42. The summed E-state index contributed by atoms with van der Waals surface area (Å²) in [5.41, 5.74) is -5.64. The minimum Gasteiger partial charge on any atom is -0.465 e. The zero-order chi connectivity index (χ0) is 25.7. The molecular weight excluding hydrogens is 470 g/mol. The van der Waals surface area contributed by atoms with Crippen LogP contribution in [-0.2, 0) is 17.1 Å². The molecule has 34 heavy (non-hydrogen) atoms. The van der Waals surface area contributed by atoms with Crippen LogP contribution in [-0.4, -0.2) is 43.9 Å². The summed E-state index contributed by atoms with van der Waals surface area (Å²) in [6, 6.07) is 4.48. The van der Waals surface area contributed by atoms with Crippen molar-refractivity contribution in [2.24, 2.45) is 5.41 Å². The van der Waals surface area contributed by atoms with Crippen molar-refractivity contribution < 1.29 is 41.0 Å². The van der Waals surface area contributed by atoms with E-state index in [-0.39, 0.29) is 35.1 Å². The second-order valence-electron chi connectivity index (χ2n) is 8.97. The fourth-order valence-electron chi connectivity index (χ4n) is 4.27. The number of carbonyl (C=O) groups excluding carboxylic acids is 1. The maximum absolute atomic E-state index is 13.3. The Balaban J connectivity index is 1.93.